The van der Waals surface area contributed by atoms with Crippen LogP contribution < -0.4 is 10.6 Å². The molecule has 0 saturated heterocycles. The highest BCUT2D eigenvalue weighted by Gasteiger charge is 2.16. The molecule has 0 saturated carbocycles. The van der Waals surface area contributed by atoms with Crippen LogP contribution in [0.25, 0.3) is 11.4 Å². The molecule has 146 valence electrons. The maximum Gasteiger partial charge on any atom is 0.225 e. The Kier molecular flexibility index (Phi) is 6.67. The van der Waals surface area contributed by atoms with Crippen LogP contribution in [-0.2, 0) is 0 Å². The first-order chi connectivity index (χ1) is 13.5. The number of pyridine rings is 1. The summed E-state index contributed by atoms with van der Waals surface area (Å²) in [6, 6.07) is 12.5. The Labute approximate surface area is 174 Å². The lowest BCUT2D eigenvalue weighted by molar-refractivity contribution is 0.248. The molecule has 0 spiro atoms. The Bertz CT molecular complexity index is 917. The van der Waals surface area contributed by atoms with Crippen LogP contribution in [0.3, 0.4) is 0 Å². The highest BCUT2D eigenvalue weighted by molar-refractivity contribution is 6.39. The second kappa shape index (κ2) is 9.19. The van der Waals surface area contributed by atoms with Crippen LogP contribution >= 0.6 is 23.2 Å². The van der Waals surface area contributed by atoms with Gasteiger partial charge in [-0.1, -0.05) is 49.2 Å². The summed E-state index contributed by atoms with van der Waals surface area (Å²) in [7, 11) is 0. The average molecular weight is 418 g/mol. The number of rotatable bonds is 7. The highest BCUT2D eigenvalue weighted by Crippen LogP contribution is 2.33. The third-order valence-electron chi connectivity index (χ3n) is 4.19. The molecule has 28 heavy (non-hydrogen) atoms. The zero-order valence-corrected chi connectivity index (χ0v) is 17.0. The molecule has 1 aromatic carbocycles. The van der Waals surface area contributed by atoms with Crippen molar-refractivity contribution in [3.8, 4) is 11.4 Å². The molecule has 0 amide bonds. The van der Waals surface area contributed by atoms with Crippen molar-refractivity contribution in [2.45, 2.75) is 19.9 Å². The van der Waals surface area contributed by atoms with Crippen molar-refractivity contribution in [1.29, 1.82) is 0 Å². The molecule has 6 nitrogen and oxygen atoms in total. The van der Waals surface area contributed by atoms with E-state index >= 15 is 0 Å². The van der Waals surface area contributed by atoms with E-state index < -0.39 is 0 Å². The normalized spacial score (nSPS) is 12.1. The third kappa shape index (κ3) is 4.90. The monoisotopic (exact) mass is 417 g/mol. The van der Waals surface area contributed by atoms with E-state index in [0.717, 1.165) is 0 Å². The fourth-order valence-corrected chi connectivity index (χ4v) is 3.05. The van der Waals surface area contributed by atoms with E-state index in [-0.39, 0.29) is 18.6 Å². The molecule has 3 rings (SSSR count). The van der Waals surface area contributed by atoms with Gasteiger partial charge in [-0.2, -0.15) is 4.98 Å². The summed E-state index contributed by atoms with van der Waals surface area (Å²) in [6.07, 6.45) is 1.70. The molecule has 3 N–H and O–H groups in total. The van der Waals surface area contributed by atoms with Crippen LogP contribution in [0.1, 0.15) is 13.8 Å². The van der Waals surface area contributed by atoms with Gasteiger partial charge in [0.25, 0.3) is 0 Å². The lowest BCUT2D eigenvalue weighted by atomic mass is 10.1. The van der Waals surface area contributed by atoms with Crippen LogP contribution in [0.5, 0.6) is 0 Å². The predicted octanol–water partition coefficient (Wildman–Crippen LogP) is 5.02. The molecule has 0 fully saturated rings. The maximum atomic E-state index is 9.64. The number of halogens is 2. The summed E-state index contributed by atoms with van der Waals surface area (Å²) >= 11 is 12.5. The Morgan fingerprint density at radius 3 is 2.36 bits per heavy atom. The lowest BCUT2D eigenvalue weighted by Gasteiger charge is -2.21. The summed E-state index contributed by atoms with van der Waals surface area (Å²) in [5.41, 5.74) is 1.89. The van der Waals surface area contributed by atoms with Gasteiger partial charge in [0, 0.05) is 12.3 Å². The van der Waals surface area contributed by atoms with Gasteiger partial charge in [0.05, 0.1) is 39.8 Å². The fourth-order valence-electron chi connectivity index (χ4n) is 2.56. The third-order valence-corrected chi connectivity index (χ3v) is 4.82. The smallest absolute Gasteiger partial charge is 0.225 e. The van der Waals surface area contributed by atoms with Gasteiger partial charge in [-0.15, -0.1) is 0 Å². The van der Waals surface area contributed by atoms with Gasteiger partial charge in [-0.05, 0) is 30.2 Å². The van der Waals surface area contributed by atoms with Crippen molar-refractivity contribution >= 4 is 40.7 Å². The van der Waals surface area contributed by atoms with Crippen LogP contribution in [-0.4, -0.2) is 32.7 Å². The summed E-state index contributed by atoms with van der Waals surface area (Å²) in [4.78, 5) is 13.4. The number of anilines is 3. The van der Waals surface area contributed by atoms with Crippen LogP contribution in [0.2, 0.25) is 10.0 Å². The maximum absolute atomic E-state index is 9.64. The minimum absolute atomic E-state index is 0.0338. The van der Waals surface area contributed by atoms with Crippen molar-refractivity contribution in [2.75, 3.05) is 17.2 Å². The van der Waals surface area contributed by atoms with Crippen molar-refractivity contribution in [3.63, 3.8) is 0 Å². The summed E-state index contributed by atoms with van der Waals surface area (Å²) < 4.78 is 0. The number of hydrogen-bond acceptors (Lipinski definition) is 6. The van der Waals surface area contributed by atoms with Crippen molar-refractivity contribution in [1.82, 2.24) is 15.0 Å². The van der Waals surface area contributed by atoms with E-state index in [4.69, 9.17) is 23.2 Å². The van der Waals surface area contributed by atoms with E-state index in [1.807, 2.05) is 32.0 Å². The van der Waals surface area contributed by atoms with Gasteiger partial charge in [0.2, 0.25) is 5.95 Å². The minimum atomic E-state index is -0.185. The Hall–Kier alpha value is -2.41. The van der Waals surface area contributed by atoms with Crippen molar-refractivity contribution in [2.24, 2.45) is 5.92 Å². The number of aliphatic hydroxyl groups is 1. The largest absolute Gasteiger partial charge is 0.394 e. The Balaban J connectivity index is 2.02. The lowest BCUT2D eigenvalue weighted by Crippen LogP contribution is -2.30. The van der Waals surface area contributed by atoms with Gasteiger partial charge in [-0.3, -0.25) is 4.98 Å². The van der Waals surface area contributed by atoms with E-state index in [9.17, 15) is 5.11 Å². The number of aromatic nitrogens is 3. The van der Waals surface area contributed by atoms with Gasteiger partial charge < -0.3 is 15.7 Å². The molecule has 0 radical (unpaired) electrons. The van der Waals surface area contributed by atoms with Crippen LogP contribution in [0.15, 0.2) is 48.7 Å². The molecule has 0 unspecified atom stereocenters. The molecule has 3 aromatic rings. The Morgan fingerprint density at radius 1 is 1.00 bits per heavy atom. The Morgan fingerprint density at radius 2 is 1.75 bits per heavy atom. The second-order valence-electron chi connectivity index (χ2n) is 6.58. The molecule has 0 aliphatic heterocycles. The van der Waals surface area contributed by atoms with Crippen molar-refractivity contribution < 1.29 is 5.11 Å². The van der Waals surface area contributed by atoms with Crippen LogP contribution in [0, 0.1) is 5.92 Å². The number of aliphatic hydroxyl groups excluding tert-OH is 1. The molecule has 8 heteroatoms. The average Bonchev–Trinajstić information content (AvgIpc) is 2.69. The molecule has 2 aromatic heterocycles. The second-order valence-corrected chi connectivity index (χ2v) is 7.39. The highest BCUT2D eigenvalue weighted by atomic mass is 35.5. The molecular weight excluding hydrogens is 397 g/mol. The number of nitrogens with zero attached hydrogens (tertiary/aromatic N) is 3. The number of para-hydroxylation sites is 1. The summed E-state index contributed by atoms with van der Waals surface area (Å²) in [5.74, 6) is 1.08. The predicted molar refractivity (Wildman–Crippen MR) is 114 cm³/mol. The quantitative estimate of drug-likeness (QED) is 0.500. The van der Waals surface area contributed by atoms with Gasteiger partial charge in [0.1, 0.15) is 5.82 Å². The molecule has 0 aliphatic rings. The fraction of sp³-hybridized carbons (Fsp3) is 0.250. The van der Waals surface area contributed by atoms with Crippen molar-refractivity contribution in [3.05, 3.63) is 58.7 Å². The number of benzene rings is 1. The first-order valence-electron chi connectivity index (χ1n) is 8.87. The topological polar surface area (TPSA) is 83.0 Å². The zero-order chi connectivity index (χ0) is 20.1. The molecular formula is C20H21Cl2N5O. The summed E-state index contributed by atoms with van der Waals surface area (Å²) in [6.45, 7) is 3.99. The zero-order valence-electron chi connectivity index (χ0n) is 15.5. The van der Waals surface area contributed by atoms with E-state index in [2.05, 4.69) is 25.6 Å². The molecule has 2 heterocycles. The van der Waals surface area contributed by atoms with Crippen LogP contribution in [0.4, 0.5) is 17.5 Å². The SMILES string of the molecule is CC(C)[C@H](CO)Nc1nc(Nc2c(Cl)cccc2Cl)cc(-c2ccccn2)n1. The number of nitrogens with one attached hydrogen (secondary N) is 2. The van der Waals surface area contributed by atoms with E-state index in [0.29, 0.717) is 38.9 Å². The first-order valence-corrected chi connectivity index (χ1v) is 9.62. The van der Waals surface area contributed by atoms with E-state index in [1.165, 1.54) is 0 Å². The molecule has 0 aliphatic carbocycles. The van der Waals surface area contributed by atoms with Gasteiger partial charge in [0.15, 0.2) is 0 Å². The summed E-state index contributed by atoms with van der Waals surface area (Å²) in [5, 5.41) is 17.0. The molecule has 1 atom stereocenters. The standard InChI is InChI=1S/C20H21Cl2N5O/c1-12(2)17(11-28)25-20-24-16(15-8-3-4-9-23-15)10-18(27-20)26-19-13(21)6-5-7-14(19)22/h3-10,12,17,28H,11H2,1-2H3,(H2,24,25,26,27)/t17-/m0/s1. The number of hydrogen-bond donors (Lipinski definition) is 3. The molecule has 0 bridgehead atoms. The van der Waals surface area contributed by atoms with Gasteiger partial charge in [-0.25, -0.2) is 4.98 Å². The van der Waals surface area contributed by atoms with E-state index in [1.54, 1.807) is 30.5 Å². The minimum Gasteiger partial charge on any atom is -0.394 e. The van der Waals surface area contributed by atoms with Gasteiger partial charge >= 0.3 is 0 Å². The first kappa shape index (κ1) is 20.3.